The molecule has 0 unspecified atom stereocenters. The first-order chi connectivity index (χ1) is 9.83. The minimum atomic E-state index is -3.70. The predicted octanol–water partition coefficient (Wildman–Crippen LogP) is 3.04. The van der Waals surface area contributed by atoms with Gasteiger partial charge in [0.05, 0.1) is 28.4 Å². The highest BCUT2D eigenvalue weighted by atomic mass is 35.5. The van der Waals surface area contributed by atoms with Gasteiger partial charge in [-0.1, -0.05) is 11.6 Å². The van der Waals surface area contributed by atoms with E-state index in [4.69, 9.17) is 22.1 Å². The van der Waals surface area contributed by atoms with Crippen molar-refractivity contribution in [2.75, 3.05) is 17.6 Å². The Morgan fingerprint density at radius 3 is 2.48 bits per heavy atom. The van der Waals surface area contributed by atoms with Gasteiger partial charge in [-0.15, -0.1) is 0 Å². The van der Waals surface area contributed by atoms with E-state index in [-0.39, 0.29) is 4.90 Å². The Kier molecular flexibility index (Phi) is 4.29. The lowest BCUT2D eigenvalue weighted by molar-refractivity contribution is 0.411. The summed E-state index contributed by atoms with van der Waals surface area (Å²) in [5.74, 6) is 0.629. The molecule has 0 saturated carbocycles. The quantitative estimate of drug-likeness (QED) is 0.846. The number of sulfonamides is 1. The molecule has 0 atom stereocenters. The average Bonchev–Trinajstić information content (AvgIpc) is 2.42. The van der Waals surface area contributed by atoms with Crippen LogP contribution in [0.4, 0.5) is 11.4 Å². The van der Waals surface area contributed by atoms with Crippen LogP contribution in [0.2, 0.25) is 5.02 Å². The number of anilines is 2. The molecule has 21 heavy (non-hydrogen) atoms. The van der Waals surface area contributed by atoms with Crippen molar-refractivity contribution in [2.24, 2.45) is 0 Å². The number of rotatable bonds is 4. The molecule has 0 amide bonds. The largest absolute Gasteiger partial charge is 0.496 e. The topological polar surface area (TPSA) is 81.4 Å². The van der Waals surface area contributed by atoms with Crippen LogP contribution in [0.15, 0.2) is 41.3 Å². The summed E-state index contributed by atoms with van der Waals surface area (Å²) in [7, 11) is -2.16. The van der Waals surface area contributed by atoms with E-state index in [0.717, 1.165) is 5.56 Å². The number of nitrogens with two attached hydrogens (primary N) is 1. The number of nitrogen functional groups attached to an aromatic ring is 1. The van der Waals surface area contributed by atoms with E-state index in [0.29, 0.717) is 22.1 Å². The molecule has 0 fully saturated rings. The number of benzene rings is 2. The Balaban J connectivity index is 2.33. The molecule has 0 aliphatic carbocycles. The van der Waals surface area contributed by atoms with E-state index in [2.05, 4.69) is 4.72 Å². The number of aryl methyl sites for hydroxylation is 1. The van der Waals surface area contributed by atoms with E-state index in [1.54, 1.807) is 31.2 Å². The zero-order valence-electron chi connectivity index (χ0n) is 11.6. The van der Waals surface area contributed by atoms with E-state index >= 15 is 0 Å². The molecule has 5 nitrogen and oxygen atoms in total. The van der Waals surface area contributed by atoms with E-state index in [9.17, 15) is 8.42 Å². The molecule has 0 saturated heterocycles. The highest BCUT2D eigenvalue weighted by molar-refractivity contribution is 7.92. The number of ether oxygens (including phenoxy) is 1. The molecule has 7 heteroatoms. The van der Waals surface area contributed by atoms with Gasteiger partial charge in [0, 0.05) is 0 Å². The molecule has 0 spiro atoms. The molecule has 0 aromatic heterocycles. The molecular formula is C14H15ClN2O3S. The van der Waals surface area contributed by atoms with Crippen molar-refractivity contribution in [3.8, 4) is 5.75 Å². The van der Waals surface area contributed by atoms with Gasteiger partial charge in [0.25, 0.3) is 10.0 Å². The molecule has 0 aliphatic rings. The number of nitrogens with one attached hydrogen (secondary N) is 1. The molecule has 0 bridgehead atoms. The second kappa shape index (κ2) is 5.83. The zero-order chi connectivity index (χ0) is 15.6. The third-order valence-electron chi connectivity index (χ3n) is 2.93. The zero-order valence-corrected chi connectivity index (χ0v) is 13.1. The van der Waals surface area contributed by atoms with E-state index in [1.165, 1.54) is 19.2 Å². The Morgan fingerprint density at radius 2 is 1.90 bits per heavy atom. The molecule has 112 valence electrons. The lowest BCUT2D eigenvalue weighted by atomic mass is 10.2. The van der Waals surface area contributed by atoms with Crippen LogP contribution in [0, 0.1) is 6.92 Å². The van der Waals surface area contributed by atoms with Crippen LogP contribution < -0.4 is 15.2 Å². The number of methoxy groups -OCH3 is 1. The maximum Gasteiger partial charge on any atom is 0.261 e. The predicted molar refractivity (Wildman–Crippen MR) is 84.4 cm³/mol. The van der Waals surface area contributed by atoms with Crippen molar-refractivity contribution in [3.05, 3.63) is 47.0 Å². The van der Waals surface area contributed by atoms with Gasteiger partial charge in [-0.05, 0) is 48.9 Å². The first-order valence-corrected chi connectivity index (χ1v) is 7.92. The first kappa shape index (κ1) is 15.5. The van der Waals surface area contributed by atoms with Gasteiger partial charge < -0.3 is 10.5 Å². The SMILES string of the molecule is COc1ccc(S(=O)(=O)Nc2ccc(N)c(Cl)c2)cc1C. The summed E-state index contributed by atoms with van der Waals surface area (Å²) in [4.78, 5) is 0.147. The number of halogens is 1. The van der Waals surface area contributed by atoms with Gasteiger partial charge >= 0.3 is 0 Å². The standard InChI is InChI=1S/C14H15ClN2O3S/c1-9-7-11(4-6-14(9)20-2)21(18,19)17-10-3-5-13(16)12(15)8-10/h3-8,17H,16H2,1-2H3. The number of hydrogen-bond acceptors (Lipinski definition) is 4. The smallest absolute Gasteiger partial charge is 0.261 e. The van der Waals surface area contributed by atoms with E-state index < -0.39 is 10.0 Å². The van der Waals surface area contributed by atoms with Gasteiger partial charge in [0.15, 0.2) is 0 Å². The lowest BCUT2D eigenvalue weighted by Crippen LogP contribution is -2.13. The second-order valence-electron chi connectivity index (χ2n) is 4.47. The number of hydrogen-bond donors (Lipinski definition) is 2. The minimum absolute atomic E-state index is 0.147. The normalized spacial score (nSPS) is 11.2. The molecule has 2 aromatic rings. The fraction of sp³-hybridized carbons (Fsp3) is 0.143. The minimum Gasteiger partial charge on any atom is -0.496 e. The summed E-state index contributed by atoms with van der Waals surface area (Å²) in [6.07, 6.45) is 0. The summed E-state index contributed by atoms with van der Waals surface area (Å²) >= 11 is 5.88. The summed E-state index contributed by atoms with van der Waals surface area (Å²) < 4.78 is 32.2. The summed E-state index contributed by atoms with van der Waals surface area (Å²) in [5.41, 5.74) is 7.06. The van der Waals surface area contributed by atoms with E-state index in [1.807, 2.05) is 0 Å². The highest BCUT2D eigenvalue weighted by Crippen LogP contribution is 2.26. The summed E-state index contributed by atoms with van der Waals surface area (Å²) in [6.45, 7) is 1.78. The highest BCUT2D eigenvalue weighted by Gasteiger charge is 2.16. The monoisotopic (exact) mass is 326 g/mol. The maximum absolute atomic E-state index is 12.3. The van der Waals surface area contributed by atoms with Crippen LogP contribution in [-0.2, 0) is 10.0 Å². The van der Waals surface area contributed by atoms with Crippen LogP contribution >= 0.6 is 11.6 Å². The fourth-order valence-electron chi connectivity index (χ4n) is 1.82. The van der Waals surface area contributed by atoms with Crippen molar-refractivity contribution >= 4 is 33.0 Å². The Bertz CT molecular complexity index is 776. The van der Waals surface area contributed by atoms with Crippen molar-refractivity contribution in [3.63, 3.8) is 0 Å². The fourth-order valence-corrected chi connectivity index (χ4v) is 3.14. The molecule has 0 radical (unpaired) electrons. The second-order valence-corrected chi connectivity index (χ2v) is 6.56. The average molecular weight is 327 g/mol. The van der Waals surface area contributed by atoms with Crippen LogP contribution in [0.25, 0.3) is 0 Å². The third kappa shape index (κ3) is 3.40. The third-order valence-corrected chi connectivity index (χ3v) is 4.64. The van der Waals surface area contributed by atoms with Crippen molar-refractivity contribution in [1.29, 1.82) is 0 Å². The van der Waals surface area contributed by atoms with Crippen molar-refractivity contribution in [2.45, 2.75) is 11.8 Å². The Morgan fingerprint density at radius 1 is 1.19 bits per heavy atom. The van der Waals surface area contributed by atoms with Crippen LogP contribution in [-0.4, -0.2) is 15.5 Å². The Labute approximate surface area is 128 Å². The Hall–Kier alpha value is -1.92. The van der Waals surface area contributed by atoms with Crippen LogP contribution in [0.3, 0.4) is 0 Å². The van der Waals surface area contributed by atoms with Crippen molar-refractivity contribution < 1.29 is 13.2 Å². The van der Waals surface area contributed by atoms with Gasteiger partial charge in [0.1, 0.15) is 5.75 Å². The molecule has 0 heterocycles. The van der Waals surface area contributed by atoms with Crippen LogP contribution in [0.5, 0.6) is 5.75 Å². The van der Waals surface area contributed by atoms with Gasteiger partial charge in [-0.2, -0.15) is 0 Å². The van der Waals surface area contributed by atoms with Crippen molar-refractivity contribution in [1.82, 2.24) is 0 Å². The molecular weight excluding hydrogens is 312 g/mol. The lowest BCUT2D eigenvalue weighted by Gasteiger charge is -2.11. The molecule has 3 N–H and O–H groups in total. The first-order valence-electron chi connectivity index (χ1n) is 6.06. The summed E-state index contributed by atoms with van der Waals surface area (Å²) in [6, 6.07) is 9.19. The maximum atomic E-state index is 12.3. The van der Waals surface area contributed by atoms with Crippen LogP contribution in [0.1, 0.15) is 5.56 Å². The summed E-state index contributed by atoms with van der Waals surface area (Å²) in [5, 5.41) is 0.293. The molecule has 2 rings (SSSR count). The van der Waals surface area contributed by atoms with Gasteiger partial charge in [0.2, 0.25) is 0 Å². The molecule has 0 aliphatic heterocycles. The van der Waals surface area contributed by atoms with Gasteiger partial charge in [-0.25, -0.2) is 8.42 Å². The molecule has 2 aromatic carbocycles. The van der Waals surface area contributed by atoms with Gasteiger partial charge in [-0.3, -0.25) is 4.72 Å².